The molecule has 0 amide bonds. The van der Waals surface area contributed by atoms with Gasteiger partial charge in [-0.15, -0.1) is 24.8 Å². The predicted octanol–water partition coefficient (Wildman–Crippen LogP) is 3.13. The molecule has 5 heteroatoms. The van der Waals surface area contributed by atoms with Gasteiger partial charge in [0.1, 0.15) is 6.61 Å². The number of benzene rings is 1. The van der Waals surface area contributed by atoms with Crippen molar-refractivity contribution in [2.75, 3.05) is 6.61 Å². The van der Waals surface area contributed by atoms with Gasteiger partial charge < -0.3 is 10.5 Å². The molecule has 0 fully saturated rings. The van der Waals surface area contributed by atoms with Gasteiger partial charge in [0.05, 0.1) is 6.04 Å². The standard InChI is InChI=1S/C13H18N2O.2ClH/c1-2-10(11-6-4-3-5-7-11)8-12-9-16-13(14)15-12;;/h3-7,10,12H,2,8-9H2,1H3,(H2,14,15);2*1H/t10-,12-;;/m0../s1. The summed E-state index contributed by atoms with van der Waals surface area (Å²) in [5.74, 6) is 0.546. The molecule has 1 aromatic carbocycles. The van der Waals surface area contributed by atoms with Gasteiger partial charge >= 0.3 is 0 Å². The zero-order valence-corrected chi connectivity index (χ0v) is 12.0. The fraction of sp³-hybridized carbons (Fsp3) is 0.462. The summed E-state index contributed by atoms with van der Waals surface area (Å²) in [4.78, 5) is 4.27. The first kappa shape index (κ1) is 17.1. The van der Waals surface area contributed by atoms with Crippen LogP contribution in [-0.4, -0.2) is 18.7 Å². The van der Waals surface area contributed by atoms with E-state index in [4.69, 9.17) is 10.5 Å². The summed E-state index contributed by atoms with van der Waals surface area (Å²) in [6.45, 7) is 2.84. The third-order valence-electron chi connectivity index (χ3n) is 3.05. The highest BCUT2D eigenvalue weighted by molar-refractivity contribution is 5.85. The van der Waals surface area contributed by atoms with Crippen LogP contribution in [0.1, 0.15) is 31.2 Å². The number of rotatable bonds is 4. The fourth-order valence-corrected chi connectivity index (χ4v) is 2.15. The quantitative estimate of drug-likeness (QED) is 0.926. The second kappa shape index (κ2) is 8.22. The second-order valence-electron chi connectivity index (χ2n) is 4.18. The van der Waals surface area contributed by atoms with Gasteiger partial charge in [0.25, 0.3) is 6.02 Å². The topological polar surface area (TPSA) is 47.6 Å². The summed E-state index contributed by atoms with van der Waals surface area (Å²) < 4.78 is 5.17. The molecule has 102 valence electrons. The molecule has 0 saturated carbocycles. The molecule has 1 aliphatic heterocycles. The van der Waals surface area contributed by atoms with Gasteiger partial charge in [-0.25, -0.2) is 4.99 Å². The minimum Gasteiger partial charge on any atom is -0.463 e. The van der Waals surface area contributed by atoms with Gasteiger partial charge in [0.2, 0.25) is 0 Å². The Bertz CT molecular complexity index is 371. The molecule has 18 heavy (non-hydrogen) atoms. The highest BCUT2D eigenvalue weighted by Gasteiger charge is 2.21. The van der Waals surface area contributed by atoms with E-state index >= 15 is 0 Å². The smallest absolute Gasteiger partial charge is 0.282 e. The normalized spacial score (nSPS) is 18.9. The lowest BCUT2D eigenvalue weighted by molar-refractivity contribution is 0.301. The Balaban J connectivity index is 0.00000144. The molecule has 0 aliphatic carbocycles. The largest absolute Gasteiger partial charge is 0.463 e. The molecular formula is C13H20Cl2N2O. The van der Waals surface area contributed by atoms with E-state index in [1.165, 1.54) is 5.56 Å². The van der Waals surface area contributed by atoms with Gasteiger partial charge in [-0.3, -0.25) is 0 Å². The van der Waals surface area contributed by atoms with Gasteiger partial charge in [-0.2, -0.15) is 0 Å². The summed E-state index contributed by atoms with van der Waals surface area (Å²) in [5, 5.41) is 0. The minimum atomic E-state index is 0. The maximum Gasteiger partial charge on any atom is 0.282 e. The Morgan fingerprint density at radius 2 is 2.00 bits per heavy atom. The second-order valence-corrected chi connectivity index (χ2v) is 4.18. The first-order valence-corrected chi connectivity index (χ1v) is 5.80. The van der Waals surface area contributed by atoms with Gasteiger partial charge in [-0.1, -0.05) is 37.3 Å². The minimum absolute atomic E-state index is 0. The number of halogens is 2. The van der Waals surface area contributed by atoms with Crippen molar-refractivity contribution in [3.63, 3.8) is 0 Å². The summed E-state index contributed by atoms with van der Waals surface area (Å²) >= 11 is 0. The Hall–Kier alpha value is -0.930. The first-order valence-electron chi connectivity index (χ1n) is 5.80. The van der Waals surface area contributed by atoms with Crippen LogP contribution in [-0.2, 0) is 4.74 Å². The fourth-order valence-electron chi connectivity index (χ4n) is 2.15. The molecule has 1 heterocycles. The van der Waals surface area contributed by atoms with Gasteiger partial charge in [-0.05, 0) is 24.3 Å². The van der Waals surface area contributed by atoms with Crippen molar-refractivity contribution in [3.8, 4) is 0 Å². The van der Waals surface area contributed by atoms with Crippen molar-refractivity contribution in [2.45, 2.75) is 31.7 Å². The zero-order valence-electron chi connectivity index (χ0n) is 10.4. The zero-order chi connectivity index (χ0) is 11.4. The van der Waals surface area contributed by atoms with Crippen molar-refractivity contribution >= 4 is 30.8 Å². The molecule has 2 N–H and O–H groups in total. The van der Waals surface area contributed by atoms with E-state index in [0.29, 0.717) is 18.5 Å². The molecule has 2 rings (SSSR count). The SMILES string of the molecule is CC[C@@H](C[C@H]1COC(N)=N1)c1ccccc1.Cl.Cl. The van der Waals surface area contributed by atoms with Crippen molar-refractivity contribution in [1.82, 2.24) is 0 Å². The number of aliphatic imine (C=N–C) groups is 1. The number of ether oxygens (including phenoxy) is 1. The lowest BCUT2D eigenvalue weighted by Crippen LogP contribution is -2.12. The summed E-state index contributed by atoms with van der Waals surface area (Å²) in [7, 11) is 0. The van der Waals surface area contributed by atoms with Crippen molar-refractivity contribution < 1.29 is 4.74 Å². The first-order chi connectivity index (χ1) is 7.79. The van der Waals surface area contributed by atoms with Gasteiger partial charge in [0.15, 0.2) is 0 Å². The molecule has 2 atom stereocenters. The maximum absolute atomic E-state index is 5.51. The molecular weight excluding hydrogens is 271 g/mol. The Morgan fingerprint density at radius 3 is 2.50 bits per heavy atom. The van der Waals surface area contributed by atoms with Crippen LogP contribution in [0.3, 0.4) is 0 Å². The van der Waals surface area contributed by atoms with Crippen LogP contribution < -0.4 is 5.73 Å². The molecule has 3 nitrogen and oxygen atoms in total. The van der Waals surface area contributed by atoms with E-state index in [9.17, 15) is 0 Å². The third kappa shape index (κ3) is 4.39. The lowest BCUT2D eigenvalue weighted by atomic mass is 9.90. The molecule has 0 aromatic heterocycles. The molecule has 0 spiro atoms. The Labute approximate surface area is 121 Å². The predicted molar refractivity (Wildman–Crippen MR) is 79.9 cm³/mol. The van der Waals surface area contributed by atoms with E-state index in [2.05, 4.69) is 36.2 Å². The van der Waals surface area contributed by atoms with E-state index in [1.54, 1.807) is 0 Å². The molecule has 0 unspecified atom stereocenters. The van der Waals surface area contributed by atoms with Crippen molar-refractivity contribution in [1.29, 1.82) is 0 Å². The monoisotopic (exact) mass is 290 g/mol. The van der Waals surface area contributed by atoms with Crippen LogP contribution in [0, 0.1) is 0 Å². The van der Waals surface area contributed by atoms with Crippen LogP contribution in [0.2, 0.25) is 0 Å². The van der Waals surface area contributed by atoms with Gasteiger partial charge in [0, 0.05) is 0 Å². The summed E-state index contributed by atoms with van der Waals surface area (Å²) in [6, 6.07) is 11.1. The number of hydrogen-bond acceptors (Lipinski definition) is 3. The highest BCUT2D eigenvalue weighted by Crippen LogP contribution is 2.26. The van der Waals surface area contributed by atoms with Crippen molar-refractivity contribution in [3.05, 3.63) is 35.9 Å². The van der Waals surface area contributed by atoms with Crippen LogP contribution in [0.15, 0.2) is 35.3 Å². The Kier molecular flexibility index (Phi) is 7.80. The average Bonchev–Trinajstić information content (AvgIpc) is 2.73. The van der Waals surface area contributed by atoms with E-state index in [0.717, 1.165) is 12.8 Å². The summed E-state index contributed by atoms with van der Waals surface area (Å²) in [6.07, 6.45) is 2.14. The van der Waals surface area contributed by atoms with Crippen LogP contribution in [0.25, 0.3) is 0 Å². The Morgan fingerprint density at radius 1 is 1.33 bits per heavy atom. The molecule has 0 bridgehead atoms. The van der Waals surface area contributed by atoms with Crippen LogP contribution in [0.4, 0.5) is 0 Å². The van der Waals surface area contributed by atoms with E-state index in [-0.39, 0.29) is 30.9 Å². The van der Waals surface area contributed by atoms with E-state index in [1.807, 2.05) is 6.07 Å². The molecule has 1 aliphatic rings. The van der Waals surface area contributed by atoms with E-state index < -0.39 is 0 Å². The molecule has 0 radical (unpaired) electrons. The molecule has 0 saturated heterocycles. The number of amidine groups is 1. The van der Waals surface area contributed by atoms with Crippen molar-refractivity contribution in [2.24, 2.45) is 10.7 Å². The molecule has 1 aromatic rings. The van der Waals surface area contributed by atoms with Crippen LogP contribution >= 0.6 is 24.8 Å². The number of nitrogens with two attached hydrogens (primary N) is 1. The average molecular weight is 291 g/mol. The highest BCUT2D eigenvalue weighted by atomic mass is 35.5. The lowest BCUT2D eigenvalue weighted by Gasteiger charge is -2.17. The number of nitrogens with zero attached hydrogens (tertiary/aromatic N) is 1. The maximum atomic E-state index is 5.51. The summed E-state index contributed by atoms with van der Waals surface area (Å²) in [5.41, 5.74) is 6.89. The third-order valence-corrected chi connectivity index (χ3v) is 3.05. The van der Waals surface area contributed by atoms with Crippen LogP contribution in [0.5, 0.6) is 0 Å². The number of hydrogen-bond donors (Lipinski definition) is 1.